The average Bonchev–Trinajstić information content (AvgIpc) is 2.30. The van der Waals surface area contributed by atoms with E-state index in [0.29, 0.717) is 11.8 Å². The molecule has 0 aliphatic heterocycles. The highest BCUT2D eigenvalue weighted by Gasteiger charge is 2.32. The van der Waals surface area contributed by atoms with Gasteiger partial charge in [0.25, 0.3) is 0 Å². The second kappa shape index (κ2) is 3.21. The molecule has 0 radical (unpaired) electrons. The van der Waals surface area contributed by atoms with E-state index in [2.05, 4.69) is 13.5 Å². The lowest BCUT2D eigenvalue weighted by atomic mass is 9.88. The van der Waals surface area contributed by atoms with Gasteiger partial charge in [-0.05, 0) is 31.6 Å². The molecular formula is C10H16O. The van der Waals surface area contributed by atoms with E-state index in [1.165, 1.54) is 12.0 Å². The Balaban J connectivity index is 2.68. The van der Waals surface area contributed by atoms with Crippen LogP contribution < -0.4 is 0 Å². The van der Waals surface area contributed by atoms with Gasteiger partial charge in [-0.15, -0.1) is 0 Å². The third kappa shape index (κ3) is 1.52. The van der Waals surface area contributed by atoms with Crippen molar-refractivity contribution in [3.05, 3.63) is 12.2 Å². The van der Waals surface area contributed by atoms with Gasteiger partial charge >= 0.3 is 0 Å². The fourth-order valence-corrected chi connectivity index (χ4v) is 2.03. The first-order valence-corrected chi connectivity index (χ1v) is 4.27. The molecule has 0 amide bonds. The van der Waals surface area contributed by atoms with Crippen molar-refractivity contribution in [1.29, 1.82) is 0 Å². The minimum atomic E-state index is 0.243. The summed E-state index contributed by atoms with van der Waals surface area (Å²) in [5.41, 5.74) is 1.17. The average molecular weight is 152 g/mol. The largest absolute Gasteiger partial charge is 0.303 e. The van der Waals surface area contributed by atoms with E-state index in [1.54, 1.807) is 0 Å². The van der Waals surface area contributed by atoms with Crippen molar-refractivity contribution in [2.45, 2.75) is 26.7 Å². The molecule has 0 aromatic carbocycles. The maximum absolute atomic E-state index is 10.7. The first-order chi connectivity index (χ1) is 5.16. The van der Waals surface area contributed by atoms with Crippen LogP contribution in [0.1, 0.15) is 26.7 Å². The first kappa shape index (κ1) is 8.51. The van der Waals surface area contributed by atoms with Crippen LogP contribution in [0.25, 0.3) is 0 Å². The van der Waals surface area contributed by atoms with Crippen LogP contribution in [0.3, 0.4) is 0 Å². The molecule has 0 N–H and O–H groups in total. The molecule has 11 heavy (non-hydrogen) atoms. The summed E-state index contributed by atoms with van der Waals surface area (Å²) in [6.45, 7) is 8.09. The van der Waals surface area contributed by atoms with Gasteiger partial charge in [-0.2, -0.15) is 0 Å². The van der Waals surface area contributed by atoms with E-state index in [4.69, 9.17) is 0 Å². The monoisotopic (exact) mass is 152 g/mol. The third-order valence-electron chi connectivity index (χ3n) is 2.84. The molecule has 0 saturated heterocycles. The number of hydrogen-bond acceptors (Lipinski definition) is 1. The summed E-state index contributed by atoms with van der Waals surface area (Å²) in [6, 6.07) is 0. The Morgan fingerprint density at radius 3 is 2.55 bits per heavy atom. The zero-order valence-electron chi connectivity index (χ0n) is 7.34. The summed E-state index contributed by atoms with van der Waals surface area (Å²) in [6.07, 6.45) is 3.44. The number of carbonyl (C=O) groups excluding carboxylic acids is 1. The molecule has 1 heteroatoms. The molecule has 1 aliphatic rings. The Bertz CT molecular complexity index is 172. The minimum absolute atomic E-state index is 0.243. The van der Waals surface area contributed by atoms with Crippen LogP contribution >= 0.6 is 0 Å². The van der Waals surface area contributed by atoms with Crippen LogP contribution in [0.4, 0.5) is 0 Å². The number of carbonyl (C=O) groups is 1. The molecule has 1 rings (SSSR count). The Morgan fingerprint density at radius 2 is 2.18 bits per heavy atom. The van der Waals surface area contributed by atoms with Gasteiger partial charge in [0.1, 0.15) is 6.29 Å². The van der Waals surface area contributed by atoms with Crippen LogP contribution in [0.15, 0.2) is 12.2 Å². The van der Waals surface area contributed by atoms with Crippen molar-refractivity contribution in [3.8, 4) is 0 Å². The summed E-state index contributed by atoms with van der Waals surface area (Å²) in [7, 11) is 0. The fraction of sp³-hybridized carbons (Fsp3) is 0.700. The van der Waals surface area contributed by atoms with Crippen molar-refractivity contribution in [3.63, 3.8) is 0 Å². The van der Waals surface area contributed by atoms with Gasteiger partial charge in [0, 0.05) is 5.92 Å². The van der Waals surface area contributed by atoms with Gasteiger partial charge in [0.15, 0.2) is 0 Å². The lowest BCUT2D eigenvalue weighted by molar-refractivity contribution is -0.112. The SMILES string of the molecule is C=C(C)C1CCC(C)C1C=O. The summed E-state index contributed by atoms with van der Waals surface area (Å²) < 4.78 is 0. The highest BCUT2D eigenvalue weighted by molar-refractivity contribution is 5.56. The van der Waals surface area contributed by atoms with Crippen molar-refractivity contribution in [2.75, 3.05) is 0 Å². The number of rotatable bonds is 2. The Hall–Kier alpha value is -0.590. The number of hydrogen-bond donors (Lipinski definition) is 0. The number of aldehydes is 1. The van der Waals surface area contributed by atoms with Crippen molar-refractivity contribution in [2.24, 2.45) is 17.8 Å². The Morgan fingerprint density at radius 1 is 1.55 bits per heavy atom. The lowest BCUT2D eigenvalue weighted by Crippen LogP contribution is -2.14. The fourth-order valence-electron chi connectivity index (χ4n) is 2.03. The second-order valence-corrected chi connectivity index (χ2v) is 3.72. The summed E-state index contributed by atoms with van der Waals surface area (Å²) in [5, 5.41) is 0. The van der Waals surface area contributed by atoms with E-state index in [0.717, 1.165) is 12.7 Å². The van der Waals surface area contributed by atoms with Crippen LogP contribution in [0.5, 0.6) is 0 Å². The van der Waals surface area contributed by atoms with E-state index < -0.39 is 0 Å². The molecular weight excluding hydrogens is 136 g/mol. The van der Waals surface area contributed by atoms with Gasteiger partial charge in [-0.3, -0.25) is 0 Å². The molecule has 3 unspecified atom stereocenters. The van der Waals surface area contributed by atoms with Gasteiger partial charge in [0.2, 0.25) is 0 Å². The molecule has 62 valence electrons. The van der Waals surface area contributed by atoms with E-state index in [-0.39, 0.29) is 5.92 Å². The molecule has 1 fully saturated rings. The van der Waals surface area contributed by atoms with Gasteiger partial charge in [-0.1, -0.05) is 19.1 Å². The van der Waals surface area contributed by atoms with Crippen LogP contribution in [0, 0.1) is 17.8 Å². The predicted molar refractivity (Wildman–Crippen MR) is 46.3 cm³/mol. The topological polar surface area (TPSA) is 17.1 Å². The molecule has 0 bridgehead atoms. The van der Waals surface area contributed by atoms with Crippen molar-refractivity contribution >= 4 is 6.29 Å². The first-order valence-electron chi connectivity index (χ1n) is 4.27. The molecule has 0 spiro atoms. The zero-order valence-corrected chi connectivity index (χ0v) is 7.34. The van der Waals surface area contributed by atoms with Gasteiger partial charge in [-0.25, -0.2) is 0 Å². The second-order valence-electron chi connectivity index (χ2n) is 3.72. The molecule has 0 heterocycles. The third-order valence-corrected chi connectivity index (χ3v) is 2.84. The highest BCUT2D eigenvalue weighted by Crippen LogP contribution is 2.38. The highest BCUT2D eigenvalue weighted by atomic mass is 16.1. The standard InChI is InChI=1S/C10H16O/c1-7(2)9-5-4-8(3)10(9)6-11/h6,8-10H,1,4-5H2,2-3H3. The molecule has 1 nitrogen and oxygen atoms in total. The lowest BCUT2D eigenvalue weighted by Gasteiger charge is -2.16. The van der Waals surface area contributed by atoms with Crippen molar-refractivity contribution in [1.82, 2.24) is 0 Å². The Kier molecular flexibility index (Phi) is 2.48. The van der Waals surface area contributed by atoms with Gasteiger partial charge < -0.3 is 4.79 Å². The van der Waals surface area contributed by atoms with Crippen LogP contribution in [-0.2, 0) is 4.79 Å². The predicted octanol–water partition coefficient (Wildman–Crippen LogP) is 2.42. The summed E-state index contributed by atoms with van der Waals surface area (Å²) >= 11 is 0. The smallest absolute Gasteiger partial charge is 0.123 e. The van der Waals surface area contributed by atoms with E-state index >= 15 is 0 Å². The molecule has 3 atom stereocenters. The van der Waals surface area contributed by atoms with E-state index in [9.17, 15) is 4.79 Å². The molecule has 0 aromatic heterocycles. The normalized spacial score (nSPS) is 37.1. The Labute approximate surface area is 68.5 Å². The molecule has 1 aliphatic carbocycles. The maximum Gasteiger partial charge on any atom is 0.123 e. The summed E-state index contributed by atoms with van der Waals surface area (Å²) in [5.74, 6) is 1.27. The number of allylic oxidation sites excluding steroid dienone is 1. The van der Waals surface area contributed by atoms with E-state index in [1.807, 2.05) is 6.92 Å². The minimum Gasteiger partial charge on any atom is -0.303 e. The molecule has 1 saturated carbocycles. The molecule has 0 aromatic rings. The quantitative estimate of drug-likeness (QED) is 0.438. The van der Waals surface area contributed by atoms with Crippen LogP contribution in [-0.4, -0.2) is 6.29 Å². The maximum atomic E-state index is 10.7. The van der Waals surface area contributed by atoms with Gasteiger partial charge in [0.05, 0.1) is 0 Å². The van der Waals surface area contributed by atoms with Crippen molar-refractivity contribution < 1.29 is 4.79 Å². The summed E-state index contributed by atoms with van der Waals surface area (Å²) in [4.78, 5) is 10.7. The van der Waals surface area contributed by atoms with Crippen LogP contribution in [0.2, 0.25) is 0 Å². The zero-order chi connectivity index (χ0) is 8.43.